The van der Waals surface area contributed by atoms with Crippen LogP contribution < -0.4 is 16.0 Å². The number of ether oxygens (including phenoxy) is 4. The molecule has 452 valence electrons. The number of hydrogen-bond acceptors (Lipinski definition) is 15. The van der Waals surface area contributed by atoms with E-state index in [1.165, 1.54) is 64.2 Å². The van der Waals surface area contributed by atoms with Gasteiger partial charge < -0.3 is 55.0 Å². The normalized spacial score (nSPS) is 14.9. The lowest BCUT2D eigenvalue weighted by Gasteiger charge is -2.28. The number of amides is 3. The van der Waals surface area contributed by atoms with Crippen molar-refractivity contribution < 1.29 is 87.0 Å². The summed E-state index contributed by atoms with van der Waals surface area (Å²) in [4.78, 5) is 131. The third kappa shape index (κ3) is 43.5. The summed E-state index contributed by atoms with van der Waals surface area (Å²) in [5.41, 5.74) is 0. The quantitative estimate of drug-likeness (QED) is 0.0258. The number of aliphatic carboxylic acids is 3. The Morgan fingerprint density at radius 3 is 1.53 bits per heavy atom. The summed E-state index contributed by atoms with van der Waals surface area (Å²) in [6, 6.07) is -1.10. The number of hydrogen-bond donors (Lipinski definition) is 6. The minimum atomic E-state index is -1.20. The van der Waals surface area contributed by atoms with Crippen LogP contribution >= 0.6 is 0 Å². The van der Waals surface area contributed by atoms with Crippen molar-refractivity contribution in [1.29, 1.82) is 0 Å². The Balaban J connectivity index is 2.18. The smallest absolute Gasteiger partial charge is 0.306 e. The van der Waals surface area contributed by atoms with Gasteiger partial charge in [-0.2, -0.15) is 0 Å². The van der Waals surface area contributed by atoms with E-state index >= 15 is 0 Å². The van der Waals surface area contributed by atoms with Gasteiger partial charge in [0, 0.05) is 83.5 Å². The van der Waals surface area contributed by atoms with E-state index in [-0.39, 0.29) is 159 Å². The molecule has 2 unspecified atom stereocenters. The minimum Gasteiger partial charge on any atom is -0.481 e. The zero-order valence-corrected chi connectivity index (χ0v) is 47.3. The van der Waals surface area contributed by atoms with Gasteiger partial charge >= 0.3 is 17.9 Å². The van der Waals surface area contributed by atoms with Crippen LogP contribution in [-0.4, -0.2) is 152 Å². The van der Waals surface area contributed by atoms with Crippen molar-refractivity contribution in [2.24, 2.45) is 17.8 Å². The fourth-order valence-electron chi connectivity index (χ4n) is 9.26. The Bertz CT molecular complexity index is 1770. The van der Waals surface area contributed by atoms with Crippen LogP contribution in [-0.2, 0) is 71.7 Å². The Morgan fingerprint density at radius 1 is 0.468 bits per heavy atom. The maximum absolute atomic E-state index is 13.2. The van der Waals surface area contributed by atoms with Crippen molar-refractivity contribution in [3.63, 3.8) is 0 Å². The van der Waals surface area contributed by atoms with Gasteiger partial charge in [0.2, 0.25) is 17.7 Å². The van der Waals surface area contributed by atoms with Crippen molar-refractivity contribution in [3.8, 4) is 0 Å². The van der Waals surface area contributed by atoms with Gasteiger partial charge in [-0.25, -0.2) is 0 Å². The molecule has 1 fully saturated rings. The Morgan fingerprint density at radius 2 is 0.987 bits per heavy atom. The largest absolute Gasteiger partial charge is 0.481 e. The first-order chi connectivity index (χ1) is 38.1. The number of ketones is 4. The second kappa shape index (κ2) is 48.9. The number of rotatable bonds is 56. The van der Waals surface area contributed by atoms with Crippen molar-refractivity contribution in [1.82, 2.24) is 16.0 Å². The first kappa shape index (κ1) is 72.0. The molecule has 0 aromatic heterocycles. The van der Waals surface area contributed by atoms with Crippen molar-refractivity contribution in [2.75, 3.05) is 65.9 Å². The second-order valence-corrected chi connectivity index (χ2v) is 20.9. The van der Waals surface area contributed by atoms with E-state index in [9.17, 15) is 63.0 Å². The van der Waals surface area contributed by atoms with E-state index < -0.39 is 47.5 Å². The van der Waals surface area contributed by atoms with Crippen LogP contribution in [0.15, 0.2) is 0 Å². The molecule has 1 aliphatic carbocycles. The van der Waals surface area contributed by atoms with Crippen molar-refractivity contribution >= 4 is 65.0 Å². The third-order valence-electron chi connectivity index (χ3n) is 14.0. The summed E-state index contributed by atoms with van der Waals surface area (Å²) in [5, 5.41) is 35.9. The van der Waals surface area contributed by atoms with Crippen LogP contribution in [0.25, 0.3) is 0 Å². The molecule has 0 spiro atoms. The number of carboxylic acids is 3. The molecule has 0 bridgehead atoms. The molecule has 1 aliphatic rings. The molecular weight excluding hydrogens is 1030 g/mol. The summed E-state index contributed by atoms with van der Waals surface area (Å²) in [7, 11) is 0. The zero-order chi connectivity index (χ0) is 58.1. The Labute approximate surface area is 468 Å². The van der Waals surface area contributed by atoms with Gasteiger partial charge in [-0.1, -0.05) is 89.9 Å². The highest BCUT2D eigenvalue weighted by Gasteiger charge is 2.31. The molecule has 1 rings (SSSR count). The third-order valence-corrected chi connectivity index (χ3v) is 14.0. The van der Waals surface area contributed by atoms with Gasteiger partial charge in [-0.3, -0.25) is 47.9 Å². The van der Waals surface area contributed by atoms with Crippen LogP contribution in [0.3, 0.4) is 0 Å². The topological polar surface area (TPSA) is 321 Å². The molecular formula is C58H97N3O18. The molecule has 0 radical (unpaired) electrons. The van der Waals surface area contributed by atoms with E-state index in [0.717, 1.165) is 51.4 Å². The van der Waals surface area contributed by atoms with E-state index in [0.29, 0.717) is 45.1 Å². The van der Waals surface area contributed by atoms with Crippen LogP contribution in [0, 0.1) is 17.8 Å². The second-order valence-electron chi connectivity index (χ2n) is 20.9. The van der Waals surface area contributed by atoms with Gasteiger partial charge in [0.15, 0.2) is 17.3 Å². The van der Waals surface area contributed by atoms with E-state index in [4.69, 9.17) is 24.1 Å². The summed E-state index contributed by atoms with van der Waals surface area (Å²) in [5.74, 6) is -6.20. The standard InChI is InChI=1S/C58H97N3O18/c62-33-17-20-48(63)42-60-55(69)44-79-39-37-76-34-18-21-49(64)43-78-38-36-77-35-19-22-51(65)50(30-32-57(72)73)61-54(68)31-29-47(58(74)75)40-52(66)46-27-25-45(26-28-46)41-59-53(67)23-15-13-11-9-7-5-3-1-2-4-6-8-10-12-14-16-24-56(70)71/h33,45-47,50H,1-32,34-44H2,(H,59,67)(H,60,69)(H,61,68)(H,70,71)(H,72,73)(H,74,75). The van der Waals surface area contributed by atoms with Gasteiger partial charge in [-0.15, -0.1) is 0 Å². The molecule has 2 atom stereocenters. The summed E-state index contributed by atoms with van der Waals surface area (Å²) in [6.07, 6.45) is 22.5. The number of Topliss-reactive ketones (excluding diaryl/α,β-unsaturated/α-hetero) is 4. The zero-order valence-electron chi connectivity index (χ0n) is 47.3. The van der Waals surface area contributed by atoms with E-state index in [2.05, 4.69) is 16.0 Å². The van der Waals surface area contributed by atoms with Crippen LogP contribution in [0.5, 0.6) is 0 Å². The number of nitrogens with one attached hydrogen (secondary N) is 3. The molecule has 21 nitrogen and oxygen atoms in total. The molecule has 0 saturated heterocycles. The fourth-order valence-corrected chi connectivity index (χ4v) is 9.26. The van der Waals surface area contributed by atoms with Crippen molar-refractivity contribution in [2.45, 2.75) is 218 Å². The van der Waals surface area contributed by atoms with Gasteiger partial charge in [0.1, 0.15) is 25.3 Å². The maximum atomic E-state index is 13.2. The lowest BCUT2D eigenvalue weighted by atomic mass is 9.78. The number of carbonyl (C=O) groups is 11. The lowest BCUT2D eigenvalue weighted by molar-refractivity contribution is -0.145. The highest BCUT2D eigenvalue weighted by molar-refractivity contribution is 5.90. The van der Waals surface area contributed by atoms with E-state index in [1.54, 1.807) is 0 Å². The summed E-state index contributed by atoms with van der Waals surface area (Å²) >= 11 is 0. The summed E-state index contributed by atoms with van der Waals surface area (Å²) in [6.45, 7) is 1.12. The Kier molecular flexibility index (Phi) is 44.6. The molecule has 1 saturated carbocycles. The van der Waals surface area contributed by atoms with Crippen molar-refractivity contribution in [3.05, 3.63) is 0 Å². The molecule has 0 aromatic carbocycles. The van der Waals surface area contributed by atoms with Crippen LogP contribution in [0.2, 0.25) is 0 Å². The fraction of sp³-hybridized carbons (Fsp3) is 0.810. The number of unbranched alkanes of at least 4 members (excludes halogenated alkanes) is 15. The van der Waals surface area contributed by atoms with Gasteiger partial charge in [0.25, 0.3) is 0 Å². The molecule has 3 amide bonds. The van der Waals surface area contributed by atoms with Crippen LogP contribution in [0.4, 0.5) is 0 Å². The molecule has 0 aromatic rings. The average molecular weight is 1120 g/mol. The predicted molar refractivity (Wildman–Crippen MR) is 293 cm³/mol. The monoisotopic (exact) mass is 1120 g/mol. The first-order valence-electron chi connectivity index (χ1n) is 29.4. The SMILES string of the molecule is O=CCCC(=O)CNC(=O)COCCOCCCC(=O)COCCOCCCC(=O)C(CCC(=O)O)NC(=O)CCC(CC(=O)C1CCC(CNC(=O)CCCCCCCCCCCCCCCCCCC(=O)O)CC1)C(=O)O. The first-order valence-corrected chi connectivity index (χ1v) is 29.4. The highest BCUT2D eigenvalue weighted by atomic mass is 16.5. The summed E-state index contributed by atoms with van der Waals surface area (Å²) < 4.78 is 21.4. The minimum absolute atomic E-state index is 0.0206. The molecule has 79 heavy (non-hydrogen) atoms. The molecule has 21 heteroatoms. The highest BCUT2D eigenvalue weighted by Crippen LogP contribution is 2.31. The predicted octanol–water partition coefficient (Wildman–Crippen LogP) is 7.23. The Hall–Kier alpha value is -4.99. The average Bonchev–Trinajstić information content (AvgIpc) is 3.42. The number of carbonyl (C=O) groups excluding carboxylic acids is 8. The number of carboxylic acid groups (broad SMARTS) is 3. The van der Waals surface area contributed by atoms with Gasteiger partial charge in [0.05, 0.1) is 44.9 Å². The molecule has 0 heterocycles. The van der Waals surface area contributed by atoms with Gasteiger partial charge in [-0.05, 0) is 70.1 Å². The van der Waals surface area contributed by atoms with E-state index in [1.807, 2.05) is 0 Å². The maximum Gasteiger partial charge on any atom is 0.306 e. The number of aldehydes is 1. The van der Waals surface area contributed by atoms with Crippen LogP contribution in [0.1, 0.15) is 212 Å². The lowest BCUT2D eigenvalue weighted by Crippen LogP contribution is -2.41. The molecule has 6 N–H and O–H groups in total. The molecule has 0 aliphatic heterocycles.